The lowest BCUT2D eigenvalue weighted by atomic mass is 10.3. The molecule has 0 bridgehead atoms. The summed E-state index contributed by atoms with van der Waals surface area (Å²) in [5.41, 5.74) is 2.07. The van der Waals surface area contributed by atoms with Crippen LogP contribution in [-0.2, 0) is 0 Å². The highest BCUT2D eigenvalue weighted by molar-refractivity contribution is 6.01. The Labute approximate surface area is 56.8 Å². The highest BCUT2D eigenvalue weighted by Gasteiger charge is 2.19. The molecule has 0 amide bonds. The van der Waals surface area contributed by atoms with Gasteiger partial charge < -0.3 is 10.2 Å². The van der Waals surface area contributed by atoms with Gasteiger partial charge in [0.2, 0.25) is 0 Å². The zero-order chi connectivity index (χ0) is 7.56. The fourth-order valence-electron chi connectivity index (χ4n) is 0.544. The van der Waals surface area contributed by atoms with Crippen LogP contribution in [0, 0.1) is 11.3 Å². The van der Waals surface area contributed by atoms with E-state index in [4.69, 9.17) is 15.5 Å². The molecule has 0 radical (unpaired) electrons. The van der Waals surface area contributed by atoms with Crippen molar-refractivity contribution in [3.8, 4) is 6.07 Å². The molecule has 2 unspecified atom stereocenters. The lowest BCUT2D eigenvalue weighted by Gasteiger charge is -2.21. The highest BCUT2D eigenvalue weighted by atomic mass is 16.3. The van der Waals surface area contributed by atoms with Gasteiger partial charge in [0.15, 0.2) is 18.3 Å². The third-order valence-corrected chi connectivity index (χ3v) is 0.997. The minimum atomic E-state index is -1.18. The Hall–Kier alpha value is -1.16. The molecule has 1 heterocycles. The number of hydrogen-bond donors (Lipinski definition) is 4. The first-order valence-electron chi connectivity index (χ1n) is 2.59. The fraction of sp³-hybridized carbons (Fsp3) is 0.500. The van der Waals surface area contributed by atoms with Crippen LogP contribution in [0.4, 0.5) is 0 Å². The van der Waals surface area contributed by atoms with E-state index < -0.39 is 12.6 Å². The zero-order valence-electron chi connectivity index (χ0n) is 4.94. The monoisotopic (exact) mass is 142 g/mol. The van der Waals surface area contributed by atoms with Crippen molar-refractivity contribution in [1.82, 2.24) is 10.7 Å². The quantitative estimate of drug-likeness (QED) is 0.303. The van der Waals surface area contributed by atoms with Gasteiger partial charge in [0, 0.05) is 0 Å². The molecule has 0 saturated carbocycles. The van der Waals surface area contributed by atoms with Crippen LogP contribution in [0.3, 0.4) is 0 Å². The highest BCUT2D eigenvalue weighted by Crippen LogP contribution is 1.90. The summed E-state index contributed by atoms with van der Waals surface area (Å²) in [6.07, 6.45) is -2.27. The molecule has 0 aromatic rings. The van der Waals surface area contributed by atoms with Crippen molar-refractivity contribution in [2.75, 3.05) is 0 Å². The van der Waals surface area contributed by atoms with E-state index in [-0.39, 0.29) is 5.71 Å². The van der Waals surface area contributed by atoms with E-state index in [0.717, 1.165) is 0 Å². The van der Waals surface area contributed by atoms with Gasteiger partial charge in [-0.3, -0.25) is 5.43 Å². The van der Waals surface area contributed by atoms with Gasteiger partial charge in [0.05, 0.1) is 0 Å². The van der Waals surface area contributed by atoms with E-state index in [9.17, 15) is 0 Å². The zero-order valence-corrected chi connectivity index (χ0v) is 4.94. The predicted molar refractivity (Wildman–Crippen MR) is 31.3 cm³/mol. The maximum Gasteiger partial charge on any atom is 0.198 e. The number of rotatable bonds is 0. The van der Waals surface area contributed by atoms with Gasteiger partial charge in [-0.15, -0.1) is 0 Å². The van der Waals surface area contributed by atoms with Crippen molar-refractivity contribution >= 4 is 5.71 Å². The number of aliphatic hydroxyl groups is 2. The van der Waals surface area contributed by atoms with Crippen molar-refractivity contribution in [3.63, 3.8) is 0 Å². The third kappa shape index (κ3) is 1.22. The molecule has 1 aliphatic rings. The molecule has 2 atom stereocenters. The summed E-state index contributed by atoms with van der Waals surface area (Å²) in [6, 6.07) is 1.64. The normalized spacial score (nSPS) is 31.9. The van der Waals surface area contributed by atoms with Gasteiger partial charge >= 0.3 is 0 Å². The first kappa shape index (κ1) is 6.95. The standard InChI is InChI=1S/C4H6N4O2/c5-1-2-3(9)6-4(10)8-7-2/h3-4,6,8-10H. The predicted octanol–water partition coefficient (Wildman–Crippen LogP) is -2.35. The second kappa shape index (κ2) is 2.62. The SMILES string of the molecule is N#CC1=NNC(O)NC1O. The lowest BCUT2D eigenvalue weighted by molar-refractivity contribution is 0.0410. The molecule has 0 spiro atoms. The summed E-state index contributed by atoms with van der Waals surface area (Å²) in [5.74, 6) is 0. The molecule has 0 saturated heterocycles. The number of hydrogen-bond acceptors (Lipinski definition) is 6. The van der Waals surface area contributed by atoms with Crippen molar-refractivity contribution in [3.05, 3.63) is 0 Å². The molecule has 0 aliphatic carbocycles. The molecule has 0 aromatic heterocycles. The largest absolute Gasteiger partial charge is 0.372 e. The molecule has 6 nitrogen and oxygen atoms in total. The van der Waals surface area contributed by atoms with Crippen LogP contribution in [-0.4, -0.2) is 28.5 Å². The Morgan fingerprint density at radius 2 is 2.30 bits per heavy atom. The Morgan fingerprint density at radius 3 is 2.80 bits per heavy atom. The van der Waals surface area contributed by atoms with Crippen LogP contribution in [0.1, 0.15) is 0 Å². The maximum absolute atomic E-state index is 8.87. The molecule has 6 heteroatoms. The summed E-state index contributed by atoms with van der Waals surface area (Å²) in [7, 11) is 0. The van der Waals surface area contributed by atoms with Crippen molar-refractivity contribution in [2.45, 2.75) is 12.6 Å². The van der Waals surface area contributed by atoms with Gasteiger partial charge in [-0.2, -0.15) is 10.4 Å². The summed E-state index contributed by atoms with van der Waals surface area (Å²) in [4.78, 5) is 0. The van der Waals surface area contributed by atoms with Crippen LogP contribution >= 0.6 is 0 Å². The van der Waals surface area contributed by atoms with Crippen LogP contribution < -0.4 is 10.7 Å². The molecule has 0 aromatic carbocycles. The van der Waals surface area contributed by atoms with E-state index in [1.54, 1.807) is 6.07 Å². The average molecular weight is 142 g/mol. The average Bonchev–Trinajstić information content (AvgIpc) is 1.88. The van der Waals surface area contributed by atoms with Crippen molar-refractivity contribution in [1.29, 1.82) is 5.26 Å². The number of nitriles is 1. The lowest BCUT2D eigenvalue weighted by Crippen LogP contribution is -2.53. The molecular formula is C4H6N4O2. The van der Waals surface area contributed by atoms with E-state index in [1.807, 2.05) is 0 Å². The van der Waals surface area contributed by atoms with E-state index >= 15 is 0 Å². The van der Waals surface area contributed by atoms with E-state index in [1.165, 1.54) is 0 Å². The number of hydrazone groups is 1. The molecule has 10 heavy (non-hydrogen) atoms. The van der Waals surface area contributed by atoms with Gasteiger partial charge in [-0.25, -0.2) is 5.32 Å². The summed E-state index contributed by atoms with van der Waals surface area (Å²) in [6.45, 7) is 0. The minimum absolute atomic E-state index is 0.0923. The van der Waals surface area contributed by atoms with Gasteiger partial charge in [-0.1, -0.05) is 0 Å². The number of nitrogens with zero attached hydrogens (tertiary/aromatic N) is 2. The first-order valence-corrected chi connectivity index (χ1v) is 2.59. The molecule has 4 N–H and O–H groups in total. The fourth-order valence-corrected chi connectivity index (χ4v) is 0.544. The second-order valence-corrected chi connectivity index (χ2v) is 1.71. The Bertz CT molecular complexity index is 196. The number of aliphatic hydroxyl groups excluding tert-OH is 2. The smallest absolute Gasteiger partial charge is 0.198 e. The summed E-state index contributed by atoms with van der Waals surface area (Å²) >= 11 is 0. The van der Waals surface area contributed by atoms with Crippen LogP contribution in [0.5, 0.6) is 0 Å². The van der Waals surface area contributed by atoms with Crippen molar-refractivity contribution in [2.24, 2.45) is 5.10 Å². The molecule has 1 rings (SSSR count). The third-order valence-electron chi connectivity index (χ3n) is 0.997. The Balaban J connectivity index is 2.68. The van der Waals surface area contributed by atoms with Crippen LogP contribution in [0.25, 0.3) is 0 Å². The maximum atomic E-state index is 8.87. The van der Waals surface area contributed by atoms with Crippen LogP contribution in [0.2, 0.25) is 0 Å². The minimum Gasteiger partial charge on any atom is -0.372 e. The molecule has 0 fully saturated rings. The van der Waals surface area contributed by atoms with Gasteiger partial charge in [0.1, 0.15) is 6.07 Å². The Kier molecular flexibility index (Phi) is 1.82. The van der Waals surface area contributed by atoms with E-state index in [0.29, 0.717) is 0 Å². The van der Waals surface area contributed by atoms with Crippen molar-refractivity contribution < 1.29 is 10.2 Å². The van der Waals surface area contributed by atoms with E-state index in [2.05, 4.69) is 15.8 Å². The topological polar surface area (TPSA) is 101 Å². The first-order chi connectivity index (χ1) is 4.74. The van der Waals surface area contributed by atoms with Crippen LogP contribution in [0.15, 0.2) is 5.10 Å². The van der Waals surface area contributed by atoms with Gasteiger partial charge in [-0.05, 0) is 0 Å². The summed E-state index contributed by atoms with van der Waals surface area (Å²) in [5, 5.41) is 31.4. The Morgan fingerprint density at radius 1 is 1.60 bits per heavy atom. The number of nitrogens with one attached hydrogen (secondary N) is 2. The molecular weight excluding hydrogens is 136 g/mol. The molecule has 54 valence electrons. The summed E-state index contributed by atoms with van der Waals surface area (Å²) < 4.78 is 0. The molecule has 1 aliphatic heterocycles. The second-order valence-electron chi connectivity index (χ2n) is 1.71. The van der Waals surface area contributed by atoms with Gasteiger partial charge in [0.25, 0.3) is 0 Å².